The number of hydrogen-bond acceptors (Lipinski definition) is 8. The topological polar surface area (TPSA) is 122 Å². The van der Waals surface area contributed by atoms with E-state index in [1.807, 2.05) is 55.5 Å². The van der Waals surface area contributed by atoms with Crippen molar-refractivity contribution in [3.63, 3.8) is 0 Å². The highest BCUT2D eigenvalue weighted by Crippen LogP contribution is 2.28. The summed E-state index contributed by atoms with van der Waals surface area (Å²) in [7, 11) is 0. The van der Waals surface area contributed by atoms with Gasteiger partial charge in [0.05, 0.1) is 18.3 Å². The number of nitrogens with one attached hydrogen (secondary N) is 2. The summed E-state index contributed by atoms with van der Waals surface area (Å²) in [6.45, 7) is 6.49. The van der Waals surface area contributed by atoms with Gasteiger partial charge in [0.15, 0.2) is 0 Å². The zero-order valence-corrected chi connectivity index (χ0v) is 21.9. The first-order chi connectivity index (χ1) is 18.9. The molecule has 0 radical (unpaired) electrons. The van der Waals surface area contributed by atoms with Crippen molar-refractivity contribution in [2.45, 2.75) is 32.9 Å². The number of carbonyl (C=O) groups is 2. The molecule has 0 bridgehead atoms. The Kier molecular flexibility index (Phi) is 7.44. The average molecular weight is 524 g/mol. The van der Waals surface area contributed by atoms with Gasteiger partial charge in [0, 0.05) is 24.3 Å². The predicted molar refractivity (Wildman–Crippen MR) is 148 cm³/mol. The second kappa shape index (κ2) is 11.3. The van der Waals surface area contributed by atoms with E-state index in [0.29, 0.717) is 24.1 Å². The summed E-state index contributed by atoms with van der Waals surface area (Å²) in [5.41, 5.74) is 4.06. The molecule has 0 unspecified atom stereocenters. The molecule has 4 aromatic rings. The van der Waals surface area contributed by atoms with E-state index in [0.717, 1.165) is 16.7 Å². The number of ether oxygens (including phenoxy) is 1. The first-order valence-electron chi connectivity index (χ1n) is 12.7. The Morgan fingerprint density at radius 1 is 0.949 bits per heavy atom. The van der Waals surface area contributed by atoms with E-state index in [1.54, 1.807) is 17.2 Å². The molecule has 1 aliphatic heterocycles. The molecule has 198 valence electrons. The van der Waals surface area contributed by atoms with Gasteiger partial charge in [0.2, 0.25) is 5.95 Å². The van der Waals surface area contributed by atoms with Gasteiger partial charge in [-0.25, -0.2) is 14.8 Å². The lowest BCUT2D eigenvalue weighted by molar-refractivity contribution is 0.102. The van der Waals surface area contributed by atoms with Gasteiger partial charge in [0.1, 0.15) is 18.1 Å². The van der Waals surface area contributed by atoms with Crippen LogP contribution in [-0.2, 0) is 4.74 Å². The Morgan fingerprint density at radius 2 is 1.67 bits per heavy atom. The predicted octanol–water partition coefficient (Wildman–Crippen LogP) is 5.34. The highest BCUT2D eigenvalue weighted by molar-refractivity contribution is 6.02. The fourth-order valence-electron chi connectivity index (χ4n) is 4.34. The maximum atomic E-state index is 12.3. The van der Waals surface area contributed by atoms with Crippen LogP contribution in [0.4, 0.5) is 22.2 Å². The van der Waals surface area contributed by atoms with Crippen molar-refractivity contribution in [3.05, 3.63) is 90.6 Å². The van der Waals surface area contributed by atoms with E-state index in [-0.39, 0.29) is 35.7 Å². The number of benzene rings is 2. The Labute approximate surface area is 226 Å². The van der Waals surface area contributed by atoms with Gasteiger partial charge in [-0.2, -0.15) is 4.98 Å². The van der Waals surface area contributed by atoms with E-state index in [4.69, 9.17) is 4.74 Å². The van der Waals surface area contributed by atoms with Crippen molar-refractivity contribution in [2.24, 2.45) is 5.92 Å². The molecule has 2 atom stereocenters. The van der Waals surface area contributed by atoms with Gasteiger partial charge >= 0.3 is 6.09 Å². The fraction of sp³-hybridized carbons (Fsp3) is 0.241. The number of carbonyl (C=O) groups excluding carboxylic acids is 2. The van der Waals surface area contributed by atoms with Gasteiger partial charge < -0.3 is 15.4 Å². The van der Waals surface area contributed by atoms with Crippen LogP contribution in [0.2, 0.25) is 0 Å². The van der Waals surface area contributed by atoms with Crippen molar-refractivity contribution >= 4 is 29.5 Å². The maximum absolute atomic E-state index is 12.3. The minimum absolute atomic E-state index is 0.0614. The van der Waals surface area contributed by atoms with Crippen LogP contribution in [0, 0.1) is 5.92 Å². The van der Waals surface area contributed by atoms with E-state index >= 15 is 0 Å². The molecule has 5 rings (SSSR count). The summed E-state index contributed by atoms with van der Waals surface area (Å²) in [4.78, 5) is 43.1. The molecule has 2 amide bonds. The lowest BCUT2D eigenvalue weighted by Gasteiger charge is -2.23. The summed E-state index contributed by atoms with van der Waals surface area (Å²) >= 11 is 0. The van der Waals surface area contributed by atoms with E-state index in [2.05, 4.69) is 44.4 Å². The van der Waals surface area contributed by atoms with Gasteiger partial charge in [-0.3, -0.25) is 14.7 Å². The molecule has 2 N–H and O–H groups in total. The minimum atomic E-state index is -0.386. The second-order valence-electron chi connectivity index (χ2n) is 9.61. The minimum Gasteiger partial charge on any atom is -0.447 e. The zero-order chi connectivity index (χ0) is 27.4. The highest BCUT2D eigenvalue weighted by atomic mass is 16.6. The molecule has 39 heavy (non-hydrogen) atoms. The highest BCUT2D eigenvalue weighted by Gasteiger charge is 2.37. The van der Waals surface area contributed by atoms with Crippen LogP contribution >= 0.6 is 0 Å². The standard InChI is InChI=1S/C29H29N7O3/c1-18(2)25-17-39-29(38)36(25)26-12-13-32-28(35-26)33-19(3)20-4-6-21(7-5-20)22-8-10-23(11-9-22)34-27(37)24-16-30-14-15-31-24/h4-16,18-19,25H,17H2,1-3H3,(H,34,37)(H,32,33,35)/t19-,25+/m0/s1. The third kappa shape index (κ3) is 5.85. The normalized spacial score (nSPS) is 15.6. The fourth-order valence-corrected chi connectivity index (χ4v) is 4.34. The Balaban J connectivity index is 1.23. The van der Waals surface area contributed by atoms with E-state index in [9.17, 15) is 9.59 Å². The van der Waals surface area contributed by atoms with Crippen LogP contribution in [0.1, 0.15) is 42.9 Å². The van der Waals surface area contributed by atoms with E-state index < -0.39 is 0 Å². The van der Waals surface area contributed by atoms with Crippen molar-refractivity contribution in [1.82, 2.24) is 19.9 Å². The Hall–Kier alpha value is -4.86. The third-order valence-corrected chi connectivity index (χ3v) is 6.59. The number of hydrogen-bond donors (Lipinski definition) is 2. The van der Waals surface area contributed by atoms with Crippen LogP contribution in [0.25, 0.3) is 11.1 Å². The molecule has 10 nitrogen and oxygen atoms in total. The number of anilines is 3. The number of rotatable bonds is 8. The SMILES string of the molecule is CC(C)[C@H]1COC(=O)N1c1ccnc(N[C@@H](C)c2ccc(-c3ccc(NC(=O)c4cnccn4)cc3)cc2)n1. The van der Waals surface area contributed by atoms with Gasteiger partial charge in [-0.05, 0) is 47.7 Å². The Morgan fingerprint density at radius 3 is 2.33 bits per heavy atom. The molecule has 0 spiro atoms. The van der Waals surface area contributed by atoms with Gasteiger partial charge in [0.25, 0.3) is 5.91 Å². The van der Waals surface area contributed by atoms with Crippen LogP contribution in [0.3, 0.4) is 0 Å². The van der Waals surface area contributed by atoms with Crippen molar-refractivity contribution in [1.29, 1.82) is 0 Å². The van der Waals surface area contributed by atoms with Crippen molar-refractivity contribution < 1.29 is 14.3 Å². The second-order valence-corrected chi connectivity index (χ2v) is 9.61. The summed E-state index contributed by atoms with van der Waals surface area (Å²) in [6.07, 6.45) is 5.69. The molecule has 10 heteroatoms. The molecule has 0 aliphatic carbocycles. The first kappa shape index (κ1) is 25.8. The lowest BCUT2D eigenvalue weighted by atomic mass is 10.0. The Bertz CT molecular complexity index is 1440. The van der Waals surface area contributed by atoms with Crippen LogP contribution in [0.5, 0.6) is 0 Å². The number of amides is 2. The van der Waals surface area contributed by atoms with Crippen molar-refractivity contribution in [2.75, 3.05) is 22.1 Å². The molecule has 1 fully saturated rings. The molecule has 0 saturated carbocycles. The van der Waals surface area contributed by atoms with E-state index in [1.165, 1.54) is 18.6 Å². The monoisotopic (exact) mass is 523 g/mol. The average Bonchev–Trinajstić information content (AvgIpc) is 3.36. The lowest BCUT2D eigenvalue weighted by Crippen LogP contribution is -2.37. The van der Waals surface area contributed by atoms with Crippen LogP contribution < -0.4 is 15.5 Å². The molecule has 1 aliphatic rings. The largest absolute Gasteiger partial charge is 0.447 e. The molecule has 2 aromatic heterocycles. The third-order valence-electron chi connectivity index (χ3n) is 6.59. The summed E-state index contributed by atoms with van der Waals surface area (Å²) in [5.74, 6) is 0.883. The summed E-state index contributed by atoms with van der Waals surface area (Å²) < 4.78 is 5.26. The first-order valence-corrected chi connectivity index (χ1v) is 12.7. The van der Waals surface area contributed by atoms with Crippen molar-refractivity contribution in [3.8, 4) is 11.1 Å². The van der Waals surface area contributed by atoms with Gasteiger partial charge in [-0.1, -0.05) is 50.2 Å². The quantitative estimate of drug-likeness (QED) is 0.317. The summed E-state index contributed by atoms with van der Waals surface area (Å²) in [5, 5.41) is 6.15. The molecule has 1 saturated heterocycles. The smallest absolute Gasteiger partial charge is 0.415 e. The number of aromatic nitrogens is 4. The number of nitrogens with zero attached hydrogens (tertiary/aromatic N) is 5. The van der Waals surface area contributed by atoms with Gasteiger partial charge in [-0.15, -0.1) is 0 Å². The molecular weight excluding hydrogens is 494 g/mol. The maximum Gasteiger partial charge on any atom is 0.415 e. The molecule has 2 aromatic carbocycles. The van der Waals surface area contributed by atoms with Crippen LogP contribution in [0.15, 0.2) is 79.4 Å². The number of cyclic esters (lactones) is 1. The summed E-state index contributed by atoms with van der Waals surface area (Å²) in [6, 6.07) is 17.4. The molecule has 3 heterocycles. The molecular formula is C29H29N7O3. The zero-order valence-electron chi connectivity index (χ0n) is 21.9. The van der Waals surface area contributed by atoms with Crippen LogP contribution in [-0.4, -0.2) is 44.6 Å².